The Labute approximate surface area is 102 Å². The Morgan fingerprint density at radius 3 is 2.76 bits per heavy atom. The molecule has 0 N–H and O–H groups in total. The predicted octanol–water partition coefficient (Wildman–Crippen LogP) is 2.77. The number of ether oxygens (including phenoxy) is 1. The number of carbonyl (C=O) groups is 1. The number of ketones is 1. The lowest BCUT2D eigenvalue weighted by atomic mass is 10.2. The van der Waals surface area contributed by atoms with Crippen molar-refractivity contribution in [2.24, 2.45) is 0 Å². The van der Waals surface area contributed by atoms with Crippen LogP contribution in [0.15, 0.2) is 16.7 Å². The summed E-state index contributed by atoms with van der Waals surface area (Å²) >= 11 is 0. The Balaban J connectivity index is 2.32. The highest BCUT2D eigenvalue weighted by Gasteiger charge is 2.10. The van der Waals surface area contributed by atoms with Crippen molar-refractivity contribution in [3.05, 3.63) is 23.6 Å². The quantitative estimate of drug-likeness (QED) is 0.739. The van der Waals surface area contributed by atoms with E-state index in [0.29, 0.717) is 18.7 Å². The largest absolute Gasteiger partial charge is 0.375 e. The minimum Gasteiger partial charge on any atom is -0.375 e. The van der Waals surface area contributed by atoms with Crippen molar-refractivity contribution in [3.8, 4) is 0 Å². The number of hydrogen-bond donors (Lipinski definition) is 0. The number of carbonyl (C=O) groups excluding carboxylic acids is 1. The molecule has 0 aliphatic heterocycles. The smallest absolute Gasteiger partial charge is 0.158 e. The molecule has 4 nitrogen and oxygen atoms in total. The number of nitrogens with zero attached hydrogens (tertiary/aromatic N) is 1. The number of aryl methyl sites for hydroxylation is 1. The number of hydrogen-bond acceptors (Lipinski definition) is 4. The van der Waals surface area contributed by atoms with Gasteiger partial charge in [0.05, 0.1) is 12.2 Å². The third-order valence-electron chi connectivity index (χ3n) is 1.97. The van der Waals surface area contributed by atoms with Crippen LogP contribution in [0.1, 0.15) is 38.6 Å². The average molecular weight is 237 g/mol. The minimum atomic E-state index is -0.201. The van der Waals surface area contributed by atoms with Crippen LogP contribution >= 0.6 is 0 Å². The molecule has 1 aromatic heterocycles. The van der Waals surface area contributed by atoms with Crippen molar-refractivity contribution in [3.63, 3.8) is 0 Å². The summed E-state index contributed by atoms with van der Waals surface area (Å²) in [6.07, 6.45) is 3.53. The van der Waals surface area contributed by atoms with Crippen LogP contribution in [0.25, 0.3) is 6.08 Å². The molecule has 1 aromatic rings. The van der Waals surface area contributed by atoms with Gasteiger partial charge in [-0.3, -0.25) is 4.79 Å². The lowest BCUT2D eigenvalue weighted by Gasteiger charge is -2.18. The van der Waals surface area contributed by atoms with Crippen LogP contribution in [0.5, 0.6) is 0 Å². The molecule has 0 saturated heterocycles. The Bertz CT molecular complexity index is 399. The maximum Gasteiger partial charge on any atom is 0.158 e. The lowest BCUT2D eigenvalue weighted by Crippen LogP contribution is -2.20. The number of allylic oxidation sites excluding steroid dienone is 1. The summed E-state index contributed by atoms with van der Waals surface area (Å²) in [4.78, 5) is 11.5. The first kappa shape index (κ1) is 13.6. The van der Waals surface area contributed by atoms with E-state index in [2.05, 4.69) is 5.16 Å². The van der Waals surface area contributed by atoms with Crippen LogP contribution < -0.4 is 0 Å². The van der Waals surface area contributed by atoms with E-state index in [1.807, 2.05) is 27.7 Å². The van der Waals surface area contributed by atoms with Gasteiger partial charge in [0, 0.05) is 12.5 Å². The zero-order valence-corrected chi connectivity index (χ0v) is 10.8. The molecule has 0 amide bonds. The molecule has 0 bridgehead atoms. The average Bonchev–Trinajstić information content (AvgIpc) is 2.59. The van der Waals surface area contributed by atoms with E-state index >= 15 is 0 Å². The van der Waals surface area contributed by atoms with Gasteiger partial charge in [-0.2, -0.15) is 0 Å². The fourth-order valence-electron chi connectivity index (χ4n) is 1.18. The molecule has 0 fully saturated rings. The minimum absolute atomic E-state index is 0.0231. The van der Waals surface area contributed by atoms with E-state index in [0.717, 1.165) is 5.76 Å². The molecule has 0 aliphatic rings. The monoisotopic (exact) mass is 237 g/mol. The van der Waals surface area contributed by atoms with Crippen molar-refractivity contribution < 1.29 is 14.1 Å². The van der Waals surface area contributed by atoms with Gasteiger partial charge >= 0.3 is 0 Å². The van der Waals surface area contributed by atoms with Gasteiger partial charge in [-0.15, -0.1) is 0 Å². The molecule has 0 radical (unpaired) electrons. The van der Waals surface area contributed by atoms with Gasteiger partial charge in [-0.25, -0.2) is 0 Å². The first-order valence-electron chi connectivity index (χ1n) is 5.65. The number of rotatable bonds is 5. The van der Waals surface area contributed by atoms with Crippen LogP contribution in [-0.4, -0.2) is 23.1 Å². The van der Waals surface area contributed by atoms with Crippen LogP contribution in [0.3, 0.4) is 0 Å². The third-order valence-corrected chi connectivity index (χ3v) is 1.97. The van der Waals surface area contributed by atoms with E-state index in [4.69, 9.17) is 9.26 Å². The molecule has 0 unspecified atom stereocenters. The second-order valence-corrected chi connectivity index (χ2v) is 4.87. The molecule has 0 aromatic carbocycles. The van der Waals surface area contributed by atoms with E-state index in [1.165, 1.54) is 6.08 Å². The van der Waals surface area contributed by atoms with Gasteiger partial charge in [-0.05, 0) is 39.8 Å². The second kappa shape index (κ2) is 5.77. The maximum atomic E-state index is 11.5. The molecular formula is C13H19NO3. The summed E-state index contributed by atoms with van der Waals surface area (Å²) in [5, 5.41) is 3.76. The molecule has 0 aliphatic carbocycles. The highest BCUT2D eigenvalue weighted by atomic mass is 16.5. The highest BCUT2D eigenvalue weighted by Crippen LogP contribution is 2.08. The molecule has 0 saturated carbocycles. The lowest BCUT2D eigenvalue weighted by molar-refractivity contribution is -0.116. The fraction of sp³-hybridized carbons (Fsp3) is 0.538. The Kier molecular flexibility index (Phi) is 4.63. The molecule has 94 valence electrons. The van der Waals surface area contributed by atoms with Gasteiger partial charge in [-0.1, -0.05) is 5.16 Å². The topological polar surface area (TPSA) is 52.3 Å². The Morgan fingerprint density at radius 1 is 1.53 bits per heavy atom. The first-order valence-corrected chi connectivity index (χ1v) is 5.65. The summed E-state index contributed by atoms with van der Waals surface area (Å²) in [6, 6.07) is 1.77. The van der Waals surface area contributed by atoms with Crippen LogP contribution in [0.4, 0.5) is 0 Å². The summed E-state index contributed by atoms with van der Waals surface area (Å²) in [5.74, 6) is 0.753. The van der Waals surface area contributed by atoms with Crippen molar-refractivity contribution in [2.45, 2.75) is 39.7 Å². The summed E-state index contributed by atoms with van der Waals surface area (Å²) in [7, 11) is 0. The summed E-state index contributed by atoms with van der Waals surface area (Å²) < 4.78 is 10.4. The van der Waals surface area contributed by atoms with Crippen molar-refractivity contribution in [2.75, 3.05) is 6.61 Å². The van der Waals surface area contributed by atoms with Crippen molar-refractivity contribution in [1.82, 2.24) is 5.16 Å². The van der Waals surface area contributed by atoms with Gasteiger partial charge in [0.2, 0.25) is 0 Å². The van der Waals surface area contributed by atoms with Gasteiger partial charge in [0.25, 0.3) is 0 Å². The predicted molar refractivity (Wildman–Crippen MR) is 65.6 cm³/mol. The van der Waals surface area contributed by atoms with E-state index < -0.39 is 0 Å². The first-order chi connectivity index (χ1) is 7.87. The highest BCUT2D eigenvalue weighted by molar-refractivity contribution is 5.93. The van der Waals surface area contributed by atoms with Crippen molar-refractivity contribution in [1.29, 1.82) is 0 Å². The third kappa shape index (κ3) is 6.02. The maximum absolute atomic E-state index is 11.5. The van der Waals surface area contributed by atoms with E-state index in [-0.39, 0.29) is 11.4 Å². The SMILES string of the molecule is Cc1cc(/C=C/C(=O)CCOC(C)(C)C)no1. The van der Waals surface area contributed by atoms with Gasteiger partial charge < -0.3 is 9.26 Å². The number of aromatic nitrogens is 1. The van der Waals surface area contributed by atoms with E-state index in [9.17, 15) is 4.79 Å². The fourth-order valence-corrected chi connectivity index (χ4v) is 1.18. The standard InChI is InChI=1S/C13H19NO3/c1-10-9-11(14-17-10)5-6-12(15)7-8-16-13(2,3)4/h5-6,9H,7-8H2,1-4H3/b6-5+. The molecule has 0 atom stereocenters. The molecular weight excluding hydrogens is 218 g/mol. The Hall–Kier alpha value is -1.42. The molecule has 17 heavy (non-hydrogen) atoms. The zero-order valence-electron chi connectivity index (χ0n) is 10.8. The molecule has 1 heterocycles. The second-order valence-electron chi connectivity index (χ2n) is 4.87. The molecule has 4 heteroatoms. The molecule has 0 spiro atoms. The van der Waals surface area contributed by atoms with Crippen LogP contribution in [0.2, 0.25) is 0 Å². The summed E-state index contributed by atoms with van der Waals surface area (Å²) in [6.45, 7) is 8.14. The van der Waals surface area contributed by atoms with Crippen molar-refractivity contribution >= 4 is 11.9 Å². The van der Waals surface area contributed by atoms with Gasteiger partial charge in [0.15, 0.2) is 5.78 Å². The summed E-state index contributed by atoms with van der Waals surface area (Å²) in [5.41, 5.74) is 0.459. The van der Waals surface area contributed by atoms with Gasteiger partial charge in [0.1, 0.15) is 11.5 Å². The molecule has 1 rings (SSSR count). The Morgan fingerprint density at radius 2 is 2.24 bits per heavy atom. The normalized spacial score (nSPS) is 12.2. The van der Waals surface area contributed by atoms with Crippen LogP contribution in [0, 0.1) is 6.92 Å². The zero-order chi connectivity index (χ0) is 12.9. The van der Waals surface area contributed by atoms with Crippen LogP contribution in [-0.2, 0) is 9.53 Å². The van der Waals surface area contributed by atoms with E-state index in [1.54, 1.807) is 12.1 Å².